The van der Waals surface area contributed by atoms with Crippen molar-refractivity contribution in [2.24, 2.45) is 0 Å². The van der Waals surface area contributed by atoms with E-state index in [0.717, 1.165) is 36.6 Å². The molecule has 0 N–H and O–H groups in total. The summed E-state index contributed by atoms with van der Waals surface area (Å²) in [5.41, 5.74) is 1.03. The summed E-state index contributed by atoms with van der Waals surface area (Å²) in [7, 11) is -3.58. The van der Waals surface area contributed by atoms with Gasteiger partial charge in [-0.3, -0.25) is 0 Å². The molecule has 0 unspecified atom stereocenters. The number of benzene rings is 1. The average Bonchev–Trinajstić information content (AvgIpc) is 3.39. The summed E-state index contributed by atoms with van der Waals surface area (Å²) in [4.78, 5) is 11.8. The minimum atomic E-state index is -3.58. The van der Waals surface area contributed by atoms with E-state index in [0.29, 0.717) is 30.2 Å². The van der Waals surface area contributed by atoms with Crippen LogP contribution in [0.25, 0.3) is 11.0 Å². The number of fused-ring (bicyclic) bond motifs is 1. The normalized spacial score (nSPS) is 15.2. The maximum atomic E-state index is 12.5. The number of nitrogens with zero attached hydrogens (tertiary/aromatic N) is 1. The number of sulfonamides is 1. The summed E-state index contributed by atoms with van der Waals surface area (Å²) in [6, 6.07) is 9.92. The fourth-order valence-electron chi connectivity index (χ4n) is 3.56. The molecular formula is C21H23NO6S. The van der Waals surface area contributed by atoms with Crippen molar-refractivity contribution in [2.75, 3.05) is 13.1 Å². The molecule has 0 bridgehead atoms. The molecule has 1 aromatic carbocycles. The van der Waals surface area contributed by atoms with Gasteiger partial charge in [-0.2, -0.15) is 4.31 Å². The predicted octanol–water partition coefficient (Wildman–Crippen LogP) is 3.70. The third kappa shape index (κ3) is 4.09. The molecule has 0 spiro atoms. The van der Waals surface area contributed by atoms with Crippen LogP contribution in [-0.4, -0.2) is 25.8 Å². The average molecular weight is 417 g/mol. The minimum Gasteiger partial charge on any atom is -0.486 e. The third-order valence-corrected chi connectivity index (χ3v) is 6.77. The van der Waals surface area contributed by atoms with Gasteiger partial charge >= 0.3 is 5.63 Å². The first-order chi connectivity index (χ1) is 14.0. The topological polar surface area (TPSA) is 90.0 Å². The summed E-state index contributed by atoms with van der Waals surface area (Å²) in [6.07, 6.45) is 3.46. The van der Waals surface area contributed by atoms with Crippen LogP contribution in [0.15, 0.2) is 55.1 Å². The number of hydrogen-bond donors (Lipinski definition) is 0. The van der Waals surface area contributed by atoms with E-state index >= 15 is 0 Å². The van der Waals surface area contributed by atoms with Gasteiger partial charge in [0.05, 0.1) is 0 Å². The summed E-state index contributed by atoms with van der Waals surface area (Å²) in [5, 5.41) is 0.822. The Hall–Kier alpha value is -2.58. The third-order valence-electron chi connectivity index (χ3n) is 5.00. The van der Waals surface area contributed by atoms with Crippen LogP contribution in [0.4, 0.5) is 0 Å². The van der Waals surface area contributed by atoms with Crippen molar-refractivity contribution in [3.05, 3.63) is 58.1 Å². The smallest absolute Gasteiger partial charge is 0.336 e. The van der Waals surface area contributed by atoms with Crippen molar-refractivity contribution in [1.82, 2.24) is 4.31 Å². The van der Waals surface area contributed by atoms with Crippen molar-refractivity contribution in [3.8, 4) is 5.75 Å². The highest BCUT2D eigenvalue weighted by Gasteiger charge is 2.29. The first-order valence-corrected chi connectivity index (χ1v) is 11.2. The van der Waals surface area contributed by atoms with Crippen LogP contribution in [0.1, 0.15) is 37.5 Å². The predicted molar refractivity (Wildman–Crippen MR) is 108 cm³/mol. The maximum absolute atomic E-state index is 12.5. The van der Waals surface area contributed by atoms with Crippen LogP contribution in [0.3, 0.4) is 0 Å². The lowest BCUT2D eigenvalue weighted by Crippen LogP contribution is -2.27. The largest absolute Gasteiger partial charge is 0.486 e. The Bertz CT molecular complexity index is 1170. The highest BCUT2D eigenvalue weighted by atomic mass is 32.2. The zero-order valence-corrected chi connectivity index (χ0v) is 17.0. The van der Waals surface area contributed by atoms with Crippen LogP contribution in [-0.2, 0) is 23.1 Å². The Labute approximate surface area is 168 Å². The van der Waals surface area contributed by atoms with E-state index in [9.17, 15) is 13.2 Å². The fourth-order valence-corrected chi connectivity index (χ4v) is 5.01. The second-order valence-corrected chi connectivity index (χ2v) is 8.99. The standard InChI is InChI=1S/C21H23NO6S/c1-2-5-15-12-20(23)28-19-13-16(6-8-18(15)19)26-14-17-7-9-21(27-17)29(24,25)22-10-3-4-11-22/h6-9,12-13H,2-5,10-11,14H2,1H3. The van der Waals surface area contributed by atoms with Gasteiger partial charge < -0.3 is 13.6 Å². The van der Waals surface area contributed by atoms with Gasteiger partial charge in [0.1, 0.15) is 23.7 Å². The number of ether oxygens (including phenoxy) is 1. The summed E-state index contributed by atoms with van der Waals surface area (Å²) < 4.78 is 43.1. The van der Waals surface area contributed by atoms with E-state index in [1.54, 1.807) is 18.2 Å². The molecule has 4 rings (SSSR count). The van der Waals surface area contributed by atoms with Crippen LogP contribution in [0.2, 0.25) is 0 Å². The molecule has 1 aliphatic rings. The Morgan fingerprint density at radius 3 is 2.62 bits per heavy atom. The Morgan fingerprint density at radius 2 is 1.86 bits per heavy atom. The molecule has 3 aromatic rings. The highest BCUT2D eigenvalue weighted by Crippen LogP contribution is 2.26. The first kappa shape index (κ1) is 19.7. The zero-order valence-electron chi connectivity index (χ0n) is 16.2. The molecule has 0 atom stereocenters. The van der Waals surface area contributed by atoms with Gasteiger partial charge in [-0.25, -0.2) is 13.2 Å². The van der Waals surface area contributed by atoms with Gasteiger partial charge in [0.15, 0.2) is 0 Å². The lowest BCUT2D eigenvalue weighted by molar-refractivity contribution is 0.256. The highest BCUT2D eigenvalue weighted by molar-refractivity contribution is 7.89. The quantitative estimate of drug-likeness (QED) is 0.545. The molecule has 2 aromatic heterocycles. The SMILES string of the molecule is CCCc1cc(=O)oc2cc(OCc3ccc(S(=O)(=O)N4CCCC4)o3)ccc12. The lowest BCUT2D eigenvalue weighted by Gasteiger charge is -2.12. The van der Waals surface area contributed by atoms with E-state index in [4.69, 9.17) is 13.6 Å². The maximum Gasteiger partial charge on any atom is 0.336 e. The van der Waals surface area contributed by atoms with Gasteiger partial charge in [0.2, 0.25) is 5.09 Å². The molecule has 0 aliphatic carbocycles. The van der Waals surface area contributed by atoms with Gasteiger partial charge in [0.25, 0.3) is 10.0 Å². The van der Waals surface area contributed by atoms with Gasteiger partial charge in [-0.15, -0.1) is 0 Å². The van der Waals surface area contributed by atoms with Crippen LogP contribution in [0.5, 0.6) is 5.75 Å². The van der Waals surface area contributed by atoms with Gasteiger partial charge in [-0.05, 0) is 49.1 Å². The molecule has 0 amide bonds. The van der Waals surface area contributed by atoms with Crippen molar-refractivity contribution in [3.63, 3.8) is 0 Å². The number of rotatable bonds is 7. The lowest BCUT2D eigenvalue weighted by atomic mass is 10.1. The molecule has 29 heavy (non-hydrogen) atoms. The molecule has 1 aliphatic heterocycles. The monoisotopic (exact) mass is 417 g/mol. The molecule has 1 saturated heterocycles. The van der Waals surface area contributed by atoms with E-state index in [1.807, 2.05) is 6.07 Å². The molecule has 0 radical (unpaired) electrons. The molecule has 1 fully saturated rings. The molecule has 8 heteroatoms. The Morgan fingerprint density at radius 1 is 1.07 bits per heavy atom. The van der Waals surface area contributed by atoms with Crippen molar-refractivity contribution in [2.45, 2.75) is 44.3 Å². The Kier molecular flexibility index (Phi) is 5.47. The number of furan rings is 1. The molecule has 7 nitrogen and oxygen atoms in total. The van der Waals surface area contributed by atoms with Crippen LogP contribution < -0.4 is 10.4 Å². The summed E-state index contributed by atoms with van der Waals surface area (Å²) in [5.74, 6) is 0.915. The van der Waals surface area contributed by atoms with Gasteiger partial charge in [-0.1, -0.05) is 13.3 Å². The van der Waals surface area contributed by atoms with Gasteiger partial charge in [0, 0.05) is 30.6 Å². The first-order valence-electron chi connectivity index (χ1n) is 9.76. The Balaban J connectivity index is 1.50. The van der Waals surface area contributed by atoms with Crippen molar-refractivity contribution >= 4 is 21.0 Å². The molecule has 3 heterocycles. The number of aryl methyl sites for hydroxylation is 1. The van der Waals surface area contributed by atoms with Crippen LogP contribution >= 0.6 is 0 Å². The van der Waals surface area contributed by atoms with E-state index in [-0.39, 0.29) is 17.3 Å². The molecule has 154 valence electrons. The van der Waals surface area contributed by atoms with Crippen molar-refractivity contribution in [1.29, 1.82) is 0 Å². The van der Waals surface area contributed by atoms with E-state index < -0.39 is 10.0 Å². The van der Waals surface area contributed by atoms with E-state index in [1.165, 1.54) is 16.4 Å². The summed E-state index contributed by atoms with van der Waals surface area (Å²) in [6.45, 7) is 3.17. The zero-order chi connectivity index (χ0) is 20.4. The second kappa shape index (κ2) is 8.04. The minimum absolute atomic E-state index is 0.0632. The molecular weight excluding hydrogens is 394 g/mol. The second-order valence-electron chi connectivity index (χ2n) is 7.12. The fraction of sp³-hybridized carbons (Fsp3) is 0.381. The summed E-state index contributed by atoms with van der Waals surface area (Å²) >= 11 is 0. The van der Waals surface area contributed by atoms with Crippen LogP contribution in [0, 0.1) is 0 Å². The molecule has 0 saturated carbocycles. The van der Waals surface area contributed by atoms with E-state index in [2.05, 4.69) is 6.92 Å². The van der Waals surface area contributed by atoms with Crippen molar-refractivity contribution < 1.29 is 22.0 Å². The number of hydrogen-bond acceptors (Lipinski definition) is 6.